The summed E-state index contributed by atoms with van der Waals surface area (Å²) in [6.45, 7) is 0. The molecule has 0 aromatic rings. The monoisotopic (exact) mass is 159 g/mol. The third kappa shape index (κ3) is 18.5. The summed E-state index contributed by atoms with van der Waals surface area (Å²) < 4.78 is 0. The second-order valence-electron chi connectivity index (χ2n) is 0. The van der Waals surface area contributed by atoms with Crippen LogP contribution in [0.2, 0.25) is 0 Å². The van der Waals surface area contributed by atoms with Crippen molar-refractivity contribution in [3.8, 4) is 0 Å². The normalized spacial score (nSPS) is 0. The van der Waals surface area contributed by atoms with Crippen LogP contribution in [-0.4, -0.2) is 60.8 Å². The Morgan fingerprint density at radius 2 is 1.00 bits per heavy atom. The Balaban J connectivity index is 0. The zero-order valence-electron chi connectivity index (χ0n) is 3.18. The van der Waals surface area contributed by atoms with Crippen LogP contribution in [0.25, 0.3) is 0 Å². The molecular formula is CaFeMgNaO+5. The average Bonchev–Trinajstić information content (AvgIpc) is 0. The fraction of sp³-hybridized carbons (Fsp3) is 0. The van der Waals surface area contributed by atoms with E-state index in [9.17, 15) is 0 Å². The molecule has 0 atom stereocenters. The smallest absolute Gasteiger partial charge is 2.00 e. The van der Waals surface area contributed by atoms with Gasteiger partial charge in [0.1, 0.15) is 0 Å². The molecular weight excluding hydrogens is 159 g/mol. The molecule has 5 heavy (non-hydrogen) atoms. The molecule has 1 nitrogen and oxygen atoms in total. The molecule has 0 aliphatic heterocycles. The molecule has 14 valence electrons. The van der Waals surface area contributed by atoms with E-state index in [1.807, 2.05) is 0 Å². The van der Waals surface area contributed by atoms with E-state index in [4.69, 9.17) is 0 Å². The fourth-order valence-electron chi connectivity index (χ4n) is 0. The second kappa shape index (κ2) is 25.8. The Bertz CT molecular complexity index is 11.6. The van der Waals surface area contributed by atoms with Gasteiger partial charge in [-0.05, 0) is 0 Å². The van der Waals surface area contributed by atoms with Crippen molar-refractivity contribution in [3.05, 3.63) is 0 Å². The molecule has 0 unspecified atom stereocenters. The molecule has 0 saturated heterocycles. The van der Waals surface area contributed by atoms with Crippen molar-refractivity contribution in [1.29, 1.82) is 0 Å². The standard InChI is InChI=1S/Ca.Fe.Mg.Na.O/q3*+2;+1;-2. The van der Waals surface area contributed by atoms with Crippen molar-refractivity contribution in [2.24, 2.45) is 0 Å². The van der Waals surface area contributed by atoms with Gasteiger partial charge in [0.25, 0.3) is 0 Å². The van der Waals surface area contributed by atoms with E-state index >= 15 is 0 Å². The Morgan fingerprint density at radius 3 is 1.00 bits per heavy atom. The topological polar surface area (TPSA) is 28.5 Å². The van der Waals surface area contributed by atoms with Crippen LogP contribution >= 0.6 is 0 Å². The Labute approximate surface area is 110 Å². The molecule has 0 aromatic heterocycles. The van der Waals surface area contributed by atoms with E-state index < -0.39 is 0 Å². The molecule has 0 aromatic carbocycles. The molecule has 0 aliphatic carbocycles. The van der Waals surface area contributed by atoms with Gasteiger partial charge in [0.2, 0.25) is 0 Å². The third-order valence-corrected chi connectivity index (χ3v) is 0. The summed E-state index contributed by atoms with van der Waals surface area (Å²) in [4.78, 5) is 0. The molecule has 0 saturated carbocycles. The van der Waals surface area contributed by atoms with Crippen LogP contribution in [0, 0.1) is 0 Å². The van der Waals surface area contributed by atoms with E-state index in [0.717, 1.165) is 0 Å². The van der Waals surface area contributed by atoms with E-state index in [1.165, 1.54) is 0 Å². The maximum Gasteiger partial charge on any atom is 2.00 e. The molecule has 5 heteroatoms. The van der Waals surface area contributed by atoms with Gasteiger partial charge in [0.15, 0.2) is 0 Å². The van der Waals surface area contributed by atoms with Gasteiger partial charge in [-0.3, -0.25) is 0 Å². The Hall–Kier alpha value is 3.51. The minimum Gasteiger partial charge on any atom is -2.00 e. The van der Waals surface area contributed by atoms with Gasteiger partial charge in [-0.2, -0.15) is 0 Å². The first kappa shape index (κ1) is 39.0. The van der Waals surface area contributed by atoms with E-state index in [0.29, 0.717) is 0 Å². The average molecular weight is 159 g/mol. The molecule has 0 bridgehead atoms. The molecule has 0 N–H and O–H groups in total. The van der Waals surface area contributed by atoms with Crippen molar-refractivity contribution in [2.75, 3.05) is 0 Å². The molecule has 0 aliphatic rings. The number of hydrogen-bond acceptors (Lipinski definition) is 0. The minimum absolute atomic E-state index is 0. The number of rotatable bonds is 0. The van der Waals surface area contributed by atoms with Gasteiger partial charge in [0.05, 0.1) is 0 Å². The van der Waals surface area contributed by atoms with E-state index in [-0.39, 0.29) is 113 Å². The SMILES string of the molecule is [Ca+2].[Fe+2].[Mg+2].[Na+].[O-2]. The molecule has 0 radical (unpaired) electrons. The van der Waals surface area contributed by atoms with Crippen LogP contribution in [0.4, 0.5) is 0 Å². The first-order valence-corrected chi connectivity index (χ1v) is 0. The summed E-state index contributed by atoms with van der Waals surface area (Å²) in [7, 11) is 0. The van der Waals surface area contributed by atoms with Crippen LogP contribution in [0.5, 0.6) is 0 Å². The summed E-state index contributed by atoms with van der Waals surface area (Å²) in [5.74, 6) is 0. The van der Waals surface area contributed by atoms with Crippen LogP contribution in [0.15, 0.2) is 0 Å². The quantitative estimate of drug-likeness (QED) is 0.324. The summed E-state index contributed by atoms with van der Waals surface area (Å²) in [6, 6.07) is 0. The van der Waals surface area contributed by atoms with Crippen molar-refractivity contribution in [3.63, 3.8) is 0 Å². The van der Waals surface area contributed by atoms with Gasteiger partial charge in [-0.25, -0.2) is 0 Å². The molecule has 0 heterocycles. The first-order chi connectivity index (χ1) is 0. The van der Waals surface area contributed by atoms with Gasteiger partial charge < -0.3 is 5.48 Å². The van der Waals surface area contributed by atoms with Crippen LogP contribution in [0.1, 0.15) is 0 Å². The van der Waals surface area contributed by atoms with Gasteiger partial charge in [-0.15, -0.1) is 0 Å². The van der Waals surface area contributed by atoms with E-state index in [1.54, 1.807) is 0 Å². The minimum atomic E-state index is 0. The molecule has 0 amide bonds. The van der Waals surface area contributed by atoms with Gasteiger partial charge in [-0.1, -0.05) is 0 Å². The number of hydrogen-bond donors (Lipinski definition) is 0. The van der Waals surface area contributed by atoms with Crippen LogP contribution in [-0.2, 0) is 22.5 Å². The van der Waals surface area contributed by atoms with Crippen molar-refractivity contribution >= 4 is 60.8 Å². The van der Waals surface area contributed by atoms with Gasteiger partial charge >= 0.3 is 107 Å². The Kier molecular flexibility index (Phi) is 202. The van der Waals surface area contributed by atoms with E-state index in [2.05, 4.69) is 0 Å². The van der Waals surface area contributed by atoms with Crippen LogP contribution in [0.3, 0.4) is 0 Å². The van der Waals surface area contributed by atoms with Crippen molar-refractivity contribution < 1.29 is 52.1 Å². The largest absolute Gasteiger partial charge is 2.00 e. The van der Waals surface area contributed by atoms with Crippen molar-refractivity contribution in [2.45, 2.75) is 0 Å². The Morgan fingerprint density at radius 1 is 1.00 bits per heavy atom. The van der Waals surface area contributed by atoms with Crippen LogP contribution < -0.4 is 29.6 Å². The third-order valence-electron chi connectivity index (χ3n) is 0. The maximum atomic E-state index is 0. The summed E-state index contributed by atoms with van der Waals surface area (Å²) in [6.07, 6.45) is 0. The summed E-state index contributed by atoms with van der Waals surface area (Å²) in [5.41, 5.74) is 0. The van der Waals surface area contributed by atoms with Crippen molar-refractivity contribution in [1.82, 2.24) is 0 Å². The molecule has 0 fully saturated rings. The summed E-state index contributed by atoms with van der Waals surface area (Å²) in [5, 5.41) is 0. The summed E-state index contributed by atoms with van der Waals surface area (Å²) >= 11 is 0. The maximum absolute atomic E-state index is 0. The fourth-order valence-corrected chi connectivity index (χ4v) is 0. The molecule has 0 rings (SSSR count). The zero-order valence-corrected chi connectivity index (χ0v) is 9.90. The van der Waals surface area contributed by atoms with Gasteiger partial charge in [0, 0.05) is 0 Å². The second-order valence-corrected chi connectivity index (χ2v) is 0. The predicted molar refractivity (Wildman–Crippen MR) is 12.2 cm³/mol. The molecule has 0 spiro atoms. The first-order valence-electron chi connectivity index (χ1n) is 0. The zero-order chi connectivity index (χ0) is 0. The predicted octanol–water partition coefficient (Wildman–Crippen LogP) is -3.88.